The number of nitrogen functional groups attached to an aromatic ring is 1. The summed E-state index contributed by atoms with van der Waals surface area (Å²) in [7, 11) is 0. The first-order valence-corrected chi connectivity index (χ1v) is 6.38. The van der Waals surface area contributed by atoms with E-state index in [-0.39, 0.29) is 0 Å². The fourth-order valence-corrected chi connectivity index (χ4v) is 2.21. The van der Waals surface area contributed by atoms with Gasteiger partial charge in [-0.15, -0.1) is 0 Å². The van der Waals surface area contributed by atoms with Crippen LogP contribution in [0, 0.1) is 6.92 Å². The molecule has 96 valence electrons. The van der Waals surface area contributed by atoms with Gasteiger partial charge in [0.25, 0.3) is 0 Å². The average molecular weight is 293 g/mol. The molecule has 3 rings (SSSR count). The molecule has 0 saturated carbocycles. The van der Waals surface area contributed by atoms with Crippen molar-refractivity contribution in [3.8, 4) is 11.3 Å². The third kappa shape index (κ3) is 2.13. The summed E-state index contributed by atoms with van der Waals surface area (Å²) in [5, 5.41) is 5.26. The highest BCUT2D eigenvalue weighted by Crippen LogP contribution is 2.28. The molecule has 3 aromatic rings. The molecule has 0 saturated heterocycles. The van der Waals surface area contributed by atoms with E-state index in [1.807, 2.05) is 19.1 Å². The minimum Gasteiger partial charge on any atom is -0.384 e. The maximum absolute atomic E-state index is 6.02. The van der Waals surface area contributed by atoms with E-state index in [0.717, 1.165) is 17.0 Å². The van der Waals surface area contributed by atoms with Gasteiger partial charge in [-0.25, -0.2) is 4.98 Å². The number of nitrogens with zero attached hydrogens (tertiary/aromatic N) is 3. The summed E-state index contributed by atoms with van der Waals surface area (Å²) in [6.45, 7) is 1.90. The molecule has 19 heavy (non-hydrogen) atoms. The van der Waals surface area contributed by atoms with E-state index in [0.29, 0.717) is 21.5 Å². The highest BCUT2D eigenvalue weighted by atomic mass is 35.5. The molecular weight excluding hydrogens is 283 g/mol. The van der Waals surface area contributed by atoms with Gasteiger partial charge in [-0.2, -0.15) is 9.61 Å². The Morgan fingerprint density at radius 2 is 1.89 bits per heavy atom. The van der Waals surface area contributed by atoms with E-state index in [9.17, 15) is 0 Å². The van der Waals surface area contributed by atoms with Crippen molar-refractivity contribution < 1.29 is 0 Å². The SMILES string of the molecule is Cc1cc2nc(-c3ccc(Cl)c(Cl)c3)cc(N)n2n1. The zero-order valence-electron chi connectivity index (χ0n) is 10.1. The number of halogens is 2. The van der Waals surface area contributed by atoms with Gasteiger partial charge in [0.05, 0.1) is 21.4 Å². The van der Waals surface area contributed by atoms with Crippen molar-refractivity contribution in [3.63, 3.8) is 0 Å². The molecule has 0 aliphatic rings. The molecule has 2 aromatic heterocycles. The Balaban J connectivity index is 2.21. The Labute approximate surface area is 119 Å². The maximum Gasteiger partial charge on any atom is 0.158 e. The van der Waals surface area contributed by atoms with Gasteiger partial charge in [-0.3, -0.25) is 0 Å². The second-order valence-electron chi connectivity index (χ2n) is 4.25. The van der Waals surface area contributed by atoms with E-state index in [4.69, 9.17) is 28.9 Å². The Bertz CT molecular complexity index is 780. The molecule has 0 aliphatic heterocycles. The third-order valence-corrected chi connectivity index (χ3v) is 3.53. The number of benzene rings is 1. The number of aromatic nitrogens is 3. The molecule has 2 heterocycles. The van der Waals surface area contributed by atoms with E-state index in [1.165, 1.54) is 0 Å². The second-order valence-corrected chi connectivity index (χ2v) is 5.07. The van der Waals surface area contributed by atoms with Crippen LogP contribution in [0.1, 0.15) is 5.69 Å². The minimum absolute atomic E-state index is 0.490. The number of aryl methyl sites for hydroxylation is 1. The van der Waals surface area contributed by atoms with Crippen LogP contribution >= 0.6 is 23.2 Å². The molecule has 2 N–H and O–H groups in total. The molecule has 0 bridgehead atoms. The first kappa shape index (κ1) is 12.3. The van der Waals surface area contributed by atoms with E-state index < -0.39 is 0 Å². The standard InChI is InChI=1S/C13H10Cl2N4/c1-7-4-13-17-11(6-12(16)19(13)18-7)8-2-3-9(14)10(15)5-8/h2-6H,16H2,1H3. The van der Waals surface area contributed by atoms with Gasteiger partial charge in [0.2, 0.25) is 0 Å². The molecule has 6 heteroatoms. The minimum atomic E-state index is 0.490. The summed E-state index contributed by atoms with van der Waals surface area (Å²) in [5.41, 5.74) is 9.15. The van der Waals surface area contributed by atoms with Gasteiger partial charge in [-0.05, 0) is 19.1 Å². The molecule has 0 unspecified atom stereocenters. The van der Waals surface area contributed by atoms with Crippen LogP contribution in [-0.2, 0) is 0 Å². The van der Waals surface area contributed by atoms with Crippen molar-refractivity contribution in [2.75, 3.05) is 5.73 Å². The Hall–Kier alpha value is -1.78. The number of hydrogen-bond donors (Lipinski definition) is 1. The highest BCUT2D eigenvalue weighted by Gasteiger charge is 2.08. The lowest BCUT2D eigenvalue weighted by Gasteiger charge is -2.05. The lowest BCUT2D eigenvalue weighted by molar-refractivity contribution is 0.930. The van der Waals surface area contributed by atoms with Crippen molar-refractivity contribution in [2.24, 2.45) is 0 Å². The maximum atomic E-state index is 6.02. The first-order valence-electron chi connectivity index (χ1n) is 5.63. The summed E-state index contributed by atoms with van der Waals surface area (Å²) >= 11 is 11.9. The number of fused-ring (bicyclic) bond motifs is 1. The van der Waals surface area contributed by atoms with Crippen LogP contribution in [0.4, 0.5) is 5.82 Å². The lowest BCUT2D eigenvalue weighted by Crippen LogP contribution is -2.01. The number of anilines is 1. The summed E-state index contributed by atoms with van der Waals surface area (Å²) < 4.78 is 1.61. The van der Waals surface area contributed by atoms with Crippen LogP contribution in [0.25, 0.3) is 16.9 Å². The van der Waals surface area contributed by atoms with Crippen molar-refractivity contribution in [1.82, 2.24) is 14.6 Å². The van der Waals surface area contributed by atoms with Crippen LogP contribution in [0.15, 0.2) is 30.3 Å². The van der Waals surface area contributed by atoms with E-state index in [2.05, 4.69) is 10.1 Å². The quantitative estimate of drug-likeness (QED) is 0.746. The largest absolute Gasteiger partial charge is 0.384 e. The molecule has 0 radical (unpaired) electrons. The monoisotopic (exact) mass is 292 g/mol. The number of hydrogen-bond acceptors (Lipinski definition) is 3. The van der Waals surface area contributed by atoms with Crippen LogP contribution in [-0.4, -0.2) is 14.6 Å². The molecule has 0 amide bonds. The van der Waals surface area contributed by atoms with Gasteiger partial charge in [0.15, 0.2) is 5.65 Å². The van der Waals surface area contributed by atoms with E-state index >= 15 is 0 Å². The van der Waals surface area contributed by atoms with Crippen molar-refractivity contribution in [1.29, 1.82) is 0 Å². The smallest absolute Gasteiger partial charge is 0.158 e. The molecular formula is C13H10Cl2N4. The van der Waals surface area contributed by atoms with Crippen LogP contribution in [0.2, 0.25) is 10.0 Å². The molecule has 0 spiro atoms. The second kappa shape index (κ2) is 4.40. The van der Waals surface area contributed by atoms with Crippen molar-refractivity contribution >= 4 is 34.7 Å². The topological polar surface area (TPSA) is 56.2 Å². The van der Waals surface area contributed by atoms with Crippen LogP contribution < -0.4 is 5.73 Å². The summed E-state index contributed by atoms with van der Waals surface area (Å²) in [4.78, 5) is 4.52. The van der Waals surface area contributed by atoms with Gasteiger partial charge in [0.1, 0.15) is 5.82 Å². The summed E-state index contributed by atoms with van der Waals surface area (Å²) in [6, 6.07) is 9.00. The van der Waals surface area contributed by atoms with Crippen LogP contribution in [0.3, 0.4) is 0 Å². The zero-order chi connectivity index (χ0) is 13.6. The van der Waals surface area contributed by atoms with Crippen molar-refractivity contribution in [3.05, 3.63) is 46.1 Å². The zero-order valence-corrected chi connectivity index (χ0v) is 11.6. The fourth-order valence-electron chi connectivity index (χ4n) is 1.92. The Kier molecular flexibility index (Phi) is 2.84. The van der Waals surface area contributed by atoms with Gasteiger partial charge in [0, 0.05) is 17.7 Å². The van der Waals surface area contributed by atoms with Gasteiger partial charge >= 0.3 is 0 Å². The predicted octanol–water partition coefficient (Wildman–Crippen LogP) is 3.59. The third-order valence-electron chi connectivity index (χ3n) is 2.79. The molecule has 0 atom stereocenters. The van der Waals surface area contributed by atoms with Crippen LogP contribution in [0.5, 0.6) is 0 Å². The summed E-state index contributed by atoms with van der Waals surface area (Å²) in [5.74, 6) is 0.527. The molecule has 1 aromatic carbocycles. The number of rotatable bonds is 1. The average Bonchev–Trinajstić information content (AvgIpc) is 2.74. The Morgan fingerprint density at radius 3 is 2.63 bits per heavy atom. The van der Waals surface area contributed by atoms with Gasteiger partial charge < -0.3 is 5.73 Å². The normalized spacial score (nSPS) is 11.1. The van der Waals surface area contributed by atoms with Gasteiger partial charge in [-0.1, -0.05) is 29.3 Å². The molecule has 0 fully saturated rings. The summed E-state index contributed by atoms with van der Waals surface area (Å²) in [6.07, 6.45) is 0. The molecule has 0 aliphatic carbocycles. The highest BCUT2D eigenvalue weighted by molar-refractivity contribution is 6.42. The number of nitrogens with two attached hydrogens (primary N) is 1. The first-order chi connectivity index (χ1) is 9.04. The molecule has 4 nitrogen and oxygen atoms in total. The van der Waals surface area contributed by atoms with Crippen molar-refractivity contribution in [2.45, 2.75) is 6.92 Å². The Morgan fingerprint density at radius 1 is 1.11 bits per heavy atom. The lowest BCUT2D eigenvalue weighted by atomic mass is 10.1. The fraction of sp³-hybridized carbons (Fsp3) is 0.0769. The van der Waals surface area contributed by atoms with E-state index in [1.54, 1.807) is 22.7 Å². The predicted molar refractivity (Wildman–Crippen MR) is 77.6 cm³/mol.